The number of methoxy groups -OCH3 is 1. The topological polar surface area (TPSA) is 22.1 Å². The van der Waals surface area contributed by atoms with E-state index in [1.807, 2.05) is 24.3 Å². The van der Waals surface area contributed by atoms with Crippen molar-refractivity contribution in [2.75, 3.05) is 7.11 Å². The van der Waals surface area contributed by atoms with Gasteiger partial charge in [0.05, 0.1) is 16.8 Å². The maximum Gasteiger partial charge on any atom is 0.0874 e. The van der Waals surface area contributed by atoms with Crippen molar-refractivity contribution in [2.45, 2.75) is 38.7 Å². The molecule has 0 fully saturated rings. The highest BCUT2D eigenvalue weighted by Gasteiger charge is 2.22. The Kier molecular flexibility index (Phi) is 7.27. The zero-order valence-corrected chi connectivity index (χ0v) is 20.3. The maximum atomic E-state index is 6.12. The molecule has 0 aliphatic heterocycles. The smallest absolute Gasteiger partial charge is 0.0874 e. The van der Waals surface area contributed by atoms with Gasteiger partial charge in [0.25, 0.3) is 0 Å². The number of aryl methyl sites for hydroxylation is 2. The van der Waals surface area contributed by atoms with Crippen LogP contribution in [0.25, 0.3) is 23.1 Å². The van der Waals surface area contributed by atoms with Gasteiger partial charge in [-0.2, -0.15) is 0 Å². The molecule has 0 saturated heterocycles. The number of pyridine rings is 1. The second-order valence-corrected chi connectivity index (χ2v) is 9.31. The number of aromatic nitrogens is 1. The molecule has 0 radical (unpaired) electrons. The fourth-order valence-electron chi connectivity index (χ4n) is 4.15. The molecule has 0 unspecified atom stereocenters. The number of rotatable bonds is 8. The highest BCUT2D eigenvalue weighted by molar-refractivity contribution is 6.31. The molecule has 1 heterocycles. The lowest BCUT2D eigenvalue weighted by molar-refractivity contribution is 0.0184. The molecule has 4 aromatic rings. The average molecular weight is 456 g/mol. The van der Waals surface area contributed by atoms with Gasteiger partial charge in [-0.1, -0.05) is 78.3 Å². The minimum absolute atomic E-state index is 0.274. The number of fused-ring (bicyclic) bond motifs is 1. The SMILES string of the molecule is COC(C)(C)c1ccccc1CCCc1cccc(C=Cc2ccc3ccc(Cl)cc3n2)c1. The van der Waals surface area contributed by atoms with Crippen molar-refractivity contribution in [2.24, 2.45) is 0 Å². The summed E-state index contributed by atoms with van der Waals surface area (Å²) in [7, 11) is 1.78. The molecule has 0 aliphatic rings. The van der Waals surface area contributed by atoms with E-state index < -0.39 is 0 Å². The molecule has 0 saturated carbocycles. The molecule has 3 heteroatoms. The van der Waals surface area contributed by atoms with Crippen LogP contribution in [0.15, 0.2) is 78.9 Å². The Bertz CT molecular complexity index is 1280. The van der Waals surface area contributed by atoms with E-state index >= 15 is 0 Å². The summed E-state index contributed by atoms with van der Waals surface area (Å²) >= 11 is 6.12. The van der Waals surface area contributed by atoms with Gasteiger partial charge in [0.15, 0.2) is 0 Å². The second kappa shape index (κ2) is 10.3. The Labute approximate surface area is 201 Å². The first-order chi connectivity index (χ1) is 15.9. The molecule has 4 rings (SSSR count). The van der Waals surface area contributed by atoms with Gasteiger partial charge in [0, 0.05) is 17.5 Å². The molecule has 0 bridgehead atoms. The number of ether oxygens (including phenoxy) is 1. The minimum Gasteiger partial charge on any atom is -0.374 e. The summed E-state index contributed by atoms with van der Waals surface area (Å²) in [5.74, 6) is 0. The van der Waals surface area contributed by atoms with Crippen LogP contribution >= 0.6 is 11.6 Å². The van der Waals surface area contributed by atoms with Crippen LogP contribution in [0, 0.1) is 0 Å². The molecule has 3 aromatic carbocycles. The number of halogens is 1. The Morgan fingerprint density at radius 1 is 0.879 bits per heavy atom. The van der Waals surface area contributed by atoms with Gasteiger partial charge in [-0.25, -0.2) is 4.98 Å². The van der Waals surface area contributed by atoms with Crippen molar-refractivity contribution >= 4 is 34.7 Å². The van der Waals surface area contributed by atoms with Gasteiger partial charge in [0.1, 0.15) is 0 Å². The first-order valence-electron chi connectivity index (χ1n) is 11.4. The first-order valence-corrected chi connectivity index (χ1v) is 11.8. The summed E-state index contributed by atoms with van der Waals surface area (Å²) in [5, 5.41) is 1.80. The third-order valence-electron chi connectivity index (χ3n) is 6.16. The Hall–Kier alpha value is -2.94. The van der Waals surface area contributed by atoms with Crippen LogP contribution in [-0.2, 0) is 23.2 Å². The van der Waals surface area contributed by atoms with Crippen LogP contribution in [0.2, 0.25) is 5.02 Å². The van der Waals surface area contributed by atoms with Crippen molar-refractivity contribution in [1.29, 1.82) is 0 Å². The van der Waals surface area contributed by atoms with Crippen LogP contribution in [0.5, 0.6) is 0 Å². The monoisotopic (exact) mass is 455 g/mol. The van der Waals surface area contributed by atoms with E-state index in [0.29, 0.717) is 5.02 Å². The van der Waals surface area contributed by atoms with Crippen LogP contribution < -0.4 is 0 Å². The van der Waals surface area contributed by atoms with Crippen molar-refractivity contribution in [3.05, 3.63) is 112 Å². The van der Waals surface area contributed by atoms with Gasteiger partial charge in [0.2, 0.25) is 0 Å². The fraction of sp³-hybridized carbons (Fsp3) is 0.233. The van der Waals surface area contributed by atoms with E-state index in [4.69, 9.17) is 21.3 Å². The average Bonchev–Trinajstić information content (AvgIpc) is 2.83. The van der Waals surface area contributed by atoms with Crippen LogP contribution in [-0.4, -0.2) is 12.1 Å². The summed E-state index contributed by atoms with van der Waals surface area (Å²) in [6, 6.07) is 27.3. The van der Waals surface area contributed by atoms with Gasteiger partial charge < -0.3 is 4.74 Å². The molecule has 0 N–H and O–H groups in total. The Morgan fingerprint density at radius 2 is 1.70 bits per heavy atom. The Morgan fingerprint density at radius 3 is 2.55 bits per heavy atom. The normalized spacial score (nSPS) is 12.0. The second-order valence-electron chi connectivity index (χ2n) is 8.88. The number of hydrogen-bond acceptors (Lipinski definition) is 2. The van der Waals surface area contributed by atoms with Gasteiger partial charge >= 0.3 is 0 Å². The number of benzene rings is 3. The molecule has 1 aromatic heterocycles. The highest BCUT2D eigenvalue weighted by atomic mass is 35.5. The van der Waals surface area contributed by atoms with E-state index in [1.165, 1.54) is 22.3 Å². The van der Waals surface area contributed by atoms with E-state index in [2.05, 4.69) is 80.6 Å². The van der Waals surface area contributed by atoms with Crippen molar-refractivity contribution < 1.29 is 4.74 Å². The van der Waals surface area contributed by atoms with Gasteiger partial charge in [-0.15, -0.1) is 0 Å². The molecule has 168 valence electrons. The summed E-state index contributed by atoms with van der Waals surface area (Å²) in [6.07, 6.45) is 7.35. The minimum atomic E-state index is -0.274. The Balaban J connectivity index is 1.42. The molecular weight excluding hydrogens is 426 g/mol. The van der Waals surface area contributed by atoms with Gasteiger partial charge in [-0.05, 0) is 79.6 Å². The molecule has 0 spiro atoms. The third kappa shape index (κ3) is 5.90. The van der Waals surface area contributed by atoms with E-state index in [1.54, 1.807) is 7.11 Å². The maximum absolute atomic E-state index is 6.12. The van der Waals surface area contributed by atoms with Crippen LogP contribution in [0.3, 0.4) is 0 Å². The van der Waals surface area contributed by atoms with Crippen LogP contribution in [0.4, 0.5) is 0 Å². The summed E-state index contributed by atoms with van der Waals surface area (Å²) < 4.78 is 5.72. The lowest BCUT2D eigenvalue weighted by atomic mass is 9.90. The standard InChI is InChI=1S/C30H30ClNO/c1-30(2,33-3)28-13-5-4-11-24(28)12-7-10-22-8-6-9-23(20-22)14-18-27-19-16-25-15-17-26(31)21-29(25)32-27/h4-6,8-9,11,13-21H,7,10,12H2,1-3H3. The molecular formula is C30H30ClNO. The summed E-state index contributed by atoms with van der Waals surface area (Å²) in [4.78, 5) is 4.71. The highest BCUT2D eigenvalue weighted by Crippen LogP contribution is 2.28. The zero-order valence-electron chi connectivity index (χ0n) is 19.5. The molecule has 33 heavy (non-hydrogen) atoms. The van der Waals surface area contributed by atoms with Gasteiger partial charge in [-0.3, -0.25) is 0 Å². The first kappa shape index (κ1) is 23.2. The molecule has 0 amide bonds. The summed E-state index contributed by atoms with van der Waals surface area (Å²) in [6.45, 7) is 4.25. The van der Waals surface area contributed by atoms with E-state index in [9.17, 15) is 0 Å². The third-order valence-corrected chi connectivity index (χ3v) is 6.40. The number of hydrogen-bond donors (Lipinski definition) is 0. The fourth-order valence-corrected chi connectivity index (χ4v) is 4.32. The van der Waals surface area contributed by atoms with E-state index in [-0.39, 0.29) is 5.60 Å². The predicted molar refractivity (Wildman–Crippen MR) is 141 cm³/mol. The van der Waals surface area contributed by atoms with Crippen molar-refractivity contribution in [3.63, 3.8) is 0 Å². The predicted octanol–water partition coefficient (Wildman–Crippen LogP) is 8.12. The summed E-state index contributed by atoms with van der Waals surface area (Å²) in [5.41, 5.74) is 6.73. The quantitative estimate of drug-likeness (QED) is 0.267. The number of nitrogens with zero attached hydrogens (tertiary/aromatic N) is 1. The molecule has 0 aliphatic carbocycles. The molecule has 2 nitrogen and oxygen atoms in total. The molecule has 0 atom stereocenters. The van der Waals surface area contributed by atoms with E-state index in [0.717, 1.165) is 35.9 Å². The lowest BCUT2D eigenvalue weighted by Crippen LogP contribution is -2.21. The van der Waals surface area contributed by atoms with Crippen molar-refractivity contribution in [1.82, 2.24) is 4.98 Å². The lowest BCUT2D eigenvalue weighted by Gasteiger charge is -2.26. The largest absolute Gasteiger partial charge is 0.374 e. The van der Waals surface area contributed by atoms with Crippen molar-refractivity contribution in [3.8, 4) is 0 Å². The van der Waals surface area contributed by atoms with Crippen LogP contribution in [0.1, 0.15) is 48.2 Å². The zero-order chi connectivity index (χ0) is 23.3.